The molecular weight excluding hydrogens is 420 g/mol. The fourth-order valence-electron chi connectivity index (χ4n) is 4.62. The summed E-state index contributed by atoms with van der Waals surface area (Å²) in [6.45, 7) is 6.74. The van der Waals surface area contributed by atoms with Gasteiger partial charge in [-0.3, -0.25) is 0 Å². The molecule has 5 aromatic rings. The predicted molar refractivity (Wildman–Crippen MR) is 124 cm³/mol. The standard InChI is InChI=1S/C25H22N4O4/c1-12-21(13(2)33-29-12)17-10-18-16(11-20(17)30-4)22-23(26-14(3)27-25(22)28-18)15-6-5-7-19-24(15)32-9-8-31-19/h5-7,10-11H,8-9H2,1-4H3,(H,26,27,28). The Morgan fingerprint density at radius 1 is 1.00 bits per heavy atom. The second kappa shape index (κ2) is 7.23. The van der Waals surface area contributed by atoms with Crippen LogP contribution in [0.1, 0.15) is 17.3 Å². The molecule has 0 atom stereocenters. The smallest absolute Gasteiger partial charge is 0.170 e. The minimum atomic E-state index is 0.500. The molecule has 0 radical (unpaired) electrons. The van der Waals surface area contributed by atoms with Gasteiger partial charge in [0.2, 0.25) is 0 Å². The number of para-hydroxylation sites is 1. The zero-order valence-electron chi connectivity index (χ0n) is 18.8. The van der Waals surface area contributed by atoms with E-state index < -0.39 is 0 Å². The molecule has 0 fully saturated rings. The molecule has 0 bridgehead atoms. The molecule has 1 N–H and O–H groups in total. The summed E-state index contributed by atoms with van der Waals surface area (Å²) >= 11 is 0. The van der Waals surface area contributed by atoms with Gasteiger partial charge in [-0.05, 0) is 45.0 Å². The van der Waals surface area contributed by atoms with Crippen molar-refractivity contribution in [2.45, 2.75) is 20.8 Å². The fourth-order valence-corrected chi connectivity index (χ4v) is 4.62. The normalized spacial score (nSPS) is 13.1. The lowest BCUT2D eigenvalue weighted by Gasteiger charge is -2.21. The van der Waals surface area contributed by atoms with Crippen molar-refractivity contribution in [3.63, 3.8) is 0 Å². The van der Waals surface area contributed by atoms with Crippen LogP contribution in [0.5, 0.6) is 17.2 Å². The van der Waals surface area contributed by atoms with Crippen LogP contribution in [0.2, 0.25) is 0 Å². The number of rotatable bonds is 3. The summed E-state index contributed by atoms with van der Waals surface area (Å²) in [5, 5.41) is 5.97. The number of aromatic amines is 1. The number of H-pyrrole nitrogens is 1. The van der Waals surface area contributed by atoms with E-state index in [4.69, 9.17) is 23.7 Å². The van der Waals surface area contributed by atoms with Crippen LogP contribution in [0.3, 0.4) is 0 Å². The number of hydrogen-bond acceptors (Lipinski definition) is 7. The first-order valence-corrected chi connectivity index (χ1v) is 10.8. The van der Waals surface area contributed by atoms with Gasteiger partial charge in [-0.25, -0.2) is 9.97 Å². The molecule has 0 amide bonds. The molecule has 1 aliphatic rings. The molecule has 3 aromatic heterocycles. The lowest BCUT2D eigenvalue weighted by atomic mass is 9.99. The van der Waals surface area contributed by atoms with E-state index in [-0.39, 0.29) is 0 Å². The van der Waals surface area contributed by atoms with Crippen molar-refractivity contribution in [2.75, 3.05) is 20.3 Å². The molecule has 0 saturated heterocycles. The summed E-state index contributed by atoms with van der Waals surface area (Å²) in [7, 11) is 1.66. The molecule has 0 unspecified atom stereocenters. The third kappa shape index (κ3) is 2.94. The second-order valence-electron chi connectivity index (χ2n) is 8.10. The van der Waals surface area contributed by atoms with Crippen molar-refractivity contribution < 1.29 is 18.7 Å². The van der Waals surface area contributed by atoms with Gasteiger partial charge in [0.1, 0.15) is 36.2 Å². The molecule has 1 aliphatic heterocycles. The minimum Gasteiger partial charge on any atom is -0.496 e. The number of benzene rings is 2. The van der Waals surface area contributed by atoms with Crippen molar-refractivity contribution >= 4 is 21.9 Å². The Labute approximate surface area is 189 Å². The first kappa shape index (κ1) is 19.6. The topological polar surface area (TPSA) is 95.3 Å². The van der Waals surface area contributed by atoms with E-state index in [1.54, 1.807) is 7.11 Å². The third-order valence-electron chi connectivity index (χ3n) is 6.01. The number of aryl methyl sites for hydroxylation is 3. The number of fused-ring (bicyclic) bond motifs is 4. The quantitative estimate of drug-likeness (QED) is 0.413. The zero-order valence-corrected chi connectivity index (χ0v) is 18.8. The molecule has 0 aliphatic carbocycles. The van der Waals surface area contributed by atoms with Crippen LogP contribution in [0.25, 0.3) is 44.3 Å². The van der Waals surface area contributed by atoms with E-state index >= 15 is 0 Å². The lowest BCUT2D eigenvalue weighted by Crippen LogP contribution is -2.16. The van der Waals surface area contributed by atoms with Crippen LogP contribution in [-0.2, 0) is 0 Å². The van der Waals surface area contributed by atoms with Crippen LogP contribution < -0.4 is 14.2 Å². The minimum absolute atomic E-state index is 0.500. The monoisotopic (exact) mass is 442 g/mol. The second-order valence-corrected chi connectivity index (χ2v) is 8.10. The molecule has 33 heavy (non-hydrogen) atoms. The first-order chi connectivity index (χ1) is 16.0. The van der Waals surface area contributed by atoms with E-state index in [9.17, 15) is 0 Å². The van der Waals surface area contributed by atoms with Gasteiger partial charge in [-0.1, -0.05) is 11.2 Å². The van der Waals surface area contributed by atoms with Gasteiger partial charge in [-0.15, -0.1) is 0 Å². The molecule has 0 saturated carbocycles. The van der Waals surface area contributed by atoms with Crippen LogP contribution in [0.15, 0.2) is 34.9 Å². The number of nitrogens with zero attached hydrogens (tertiary/aromatic N) is 3. The highest BCUT2D eigenvalue weighted by Gasteiger charge is 2.24. The number of aromatic nitrogens is 4. The molecule has 4 heterocycles. The largest absolute Gasteiger partial charge is 0.496 e. The molecule has 0 spiro atoms. The van der Waals surface area contributed by atoms with Gasteiger partial charge < -0.3 is 23.7 Å². The Morgan fingerprint density at radius 3 is 2.64 bits per heavy atom. The van der Waals surface area contributed by atoms with Gasteiger partial charge in [0.15, 0.2) is 11.5 Å². The number of ether oxygens (including phenoxy) is 3. The summed E-state index contributed by atoms with van der Waals surface area (Å²) in [6, 6.07) is 9.95. The summed E-state index contributed by atoms with van der Waals surface area (Å²) in [5.41, 5.74) is 5.98. The van der Waals surface area contributed by atoms with Crippen LogP contribution >= 0.6 is 0 Å². The summed E-state index contributed by atoms with van der Waals surface area (Å²) in [5.74, 6) is 3.55. The summed E-state index contributed by atoms with van der Waals surface area (Å²) in [6.07, 6.45) is 0. The van der Waals surface area contributed by atoms with Crippen molar-refractivity contribution in [1.29, 1.82) is 0 Å². The zero-order chi connectivity index (χ0) is 22.7. The van der Waals surface area contributed by atoms with Crippen LogP contribution in [-0.4, -0.2) is 40.4 Å². The SMILES string of the molecule is COc1cc2c(cc1-c1c(C)noc1C)[nH]c1nc(C)nc(-c3cccc4c3OCCO4)c12. The average molecular weight is 442 g/mol. The van der Waals surface area contributed by atoms with Gasteiger partial charge in [0, 0.05) is 22.0 Å². The van der Waals surface area contributed by atoms with Gasteiger partial charge >= 0.3 is 0 Å². The number of methoxy groups -OCH3 is 1. The number of hydrogen-bond donors (Lipinski definition) is 1. The van der Waals surface area contributed by atoms with Gasteiger partial charge in [0.25, 0.3) is 0 Å². The molecule has 166 valence electrons. The number of nitrogens with one attached hydrogen (secondary N) is 1. The maximum Gasteiger partial charge on any atom is 0.170 e. The van der Waals surface area contributed by atoms with E-state index in [1.807, 2.05) is 45.0 Å². The summed E-state index contributed by atoms with van der Waals surface area (Å²) in [4.78, 5) is 13.0. The van der Waals surface area contributed by atoms with Crippen LogP contribution in [0.4, 0.5) is 0 Å². The average Bonchev–Trinajstić information content (AvgIpc) is 3.35. The lowest BCUT2D eigenvalue weighted by molar-refractivity contribution is 0.172. The Balaban J connectivity index is 1.67. The van der Waals surface area contributed by atoms with E-state index in [0.717, 1.165) is 67.3 Å². The summed E-state index contributed by atoms with van der Waals surface area (Å²) < 4.78 is 23.0. The Hall–Kier alpha value is -4.07. The molecular formula is C25H22N4O4. The van der Waals surface area contributed by atoms with Crippen molar-refractivity contribution in [2.24, 2.45) is 0 Å². The van der Waals surface area contributed by atoms with Crippen molar-refractivity contribution in [3.8, 4) is 39.6 Å². The Morgan fingerprint density at radius 2 is 1.85 bits per heavy atom. The van der Waals surface area contributed by atoms with Crippen molar-refractivity contribution in [1.82, 2.24) is 20.1 Å². The molecule has 6 rings (SSSR count). The maximum atomic E-state index is 5.99. The highest BCUT2D eigenvalue weighted by molar-refractivity contribution is 6.14. The van der Waals surface area contributed by atoms with E-state index in [1.165, 1.54) is 0 Å². The molecule has 8 heteroatoms. The maximum absolute atomic E-state index is 5.99. The highest BCUT2D eigenvalue weighted by atomic mass is 16.6. The first-order valence-electron chi connectivity index (χ1n) is 10.8. The Bertz CT molecular complexity index is 1530. The predicted octanol–water partition coefficient (Wildman–Crippen LogP) is 5.14. The highest BCUT2D eigenvalue weighted by Crippen LogP contribution is 2.45. The van der Waals surface area contributed by atoms with E-state index in [0.29, 0.717) is 24.8 Å². The molecule has 8 nitrogen and oxygen atoms in total. The third-order valence-corrected chi connectivity index (χ3v) is 6.01. The van der Waals surface area contributed by atoms with Crippen LogP contribution in [0, 0.1) is 20.8 Å². The molecule has 2 aromatic carbocycles. The fraction of sp³-hybridized carbons (Fsp3) is 0.240. The van der Waals surface area contributed by atoms with Gasteiger partial charge in [0.05, 0.1) is 29.4 Å². The van der Waals surface area contributed by atoms with E-state index in [2.05, 4.69) is 21.2 Å². The van der Waals surface area contributed by atoms with Crippen molar-refractivity contribution in [3.05, 3.63) is 47.6 Å². The van der Waals surface area contributed by atoms with Gasteiger partial charge in [-0.2, -0.15) is 0 Å². The Kier molecular flexibility index (Phi) is 4.29.